The number of hydrazone groups is 1. The molecule has 4 rings (SSSR count). The molecule has 0 radical (unpaired) electrons. The lowest BCUT2D eigenvalue weighted by atomic mass is 10.2. The highest BCUT2D eigenvalue weighted by molar-refractivity contribution is 6.08. The number of phenols is 1. The van der Waals surface area contributed by atoms with Gasteiger partial charge in [-0.05, 0) is 29.8 Å². The minimum atomic E-state index is -0.159. The number of hydrogen-bond acceptors (Lipinski definition) is 3. The van der Waals surface area contributed by atoms with Crippen molar-refractivity contribution in [1.82, 2.24) is 9.99 Å². The SMILES string of the molecule is O=C(CCn1c2ccccc2c2ccccc21)N/N=C\c1cccc(O)c1. The van der Waals surface area contributed by atoms with Gasteiger partial charge in [0.2, 0.25) is 5.91 Å². The van der Waals surface area contributed by atoms with Crippen LogP contribution in [0.3, 0.4) is 0 Å². The zero-order valence-corrected chi connectivity index (χ0v) is 14.7. The fraction of sp³-hybridized carbons (Fsp3) is 0.0909. The van der Waals surface area contributed by atoms with Crippen LogP contribution in [0.2, 0.25) is 0 Å². The molecule has 0 saturated carbocycles. The highest BCUT2D eigenvalue weighted by Crippen LogP contribution is 2.28. The number of carbonyl (C=O) groups is 1. The van der Waals surface area contributed by atoms with Crippen LogP contribution < -0.4 is 5.43 Å². The van der Waals surface area contributed by atoms with Crippen molar-refractivity contribution >= 4 is 33.9 Å². The summed E-state index contributed by atoms with van der Waals surface area (Å²) in [5.74, 6) is 0.00454. The molecule has 1 heterocycles. The van der Waals surface area contributed by atoms with Crippen molar-refractivity contribution in [2.75, 3.05) is 0 Å². The van der Waals surface area contributed by atoms with Crippen molar-refractivity contribution in [1.29, 1.82) is 0 Å². The Bertz CT molecular complexity index is 1090. The molecular weight excluding hydrogens is 338 g/mol. The number of rotatable bonds is 5. The zero-order valence-electron chi connectivity index (χ0n) is 14.7. The summed E-state index contributed by atoms with van der Waals surface area (Å²) in [5, 5.41) is 15.8. The largest absolute Gasteiger partial charge is 0.508 e. The van der Waals surface area contributed by atoms with Gasteiger partial charge in [0.1, 0.15) is 5.75 Å². The van der Waals surface area contributed by atoms with Crippen molar-refractivity contribution in [3.05, 3.63) is 78.4 Å². The lowest BCUT2D eigenvalue weighted by Crippen LogP contribution is -2.19. The Hall–Kier alpha value is -3.60. The highest BCUT2D eigenvalue weighted by atomic mass is 16.3. The van der Waals surface area contributed by atoms with E-state index in [1.807, 2.05) is 24.3 Å². The molecule has 2 N–H and O–H groups in total. The monoisotopic (exact) mass is 357 g/mol. The second kappa shape index (κ2) is 7.33. The molecule has 0 aliphatic heterocycles. The summed E-state index contributed by atoms with van der Waals surface area (Å²) >= 11 is 0. The van der Waals surface area contributed by atoms with Crippen molar-refractivity contribution in [2.24, 2.45) is 5.10 Å². The molecule has 5 nitrogen and oxygen atoms in total. The van der Waals surface area contributed by atoms with Gasteiger partial charge in [-0.15, -0.1) is 0 Å². The minimum Gasteiger partial charge on any atom is -0.508 e. The number of aromatic hydroxyl groups is 1. The van der Waals surface area contributed by atoms with E-state index in [1.54, 1.807) is 24.3 Å². The summed E-state index contributed by atoms with van der Waals surface area (Å²) in [6.45, 7) is 0.571. The molecule has 1 amide bonds. The maximum Gasteiger partial charge on any atom is 0.241 e. The molecule has 0 bridgehead atoms. The normalized spacial score (nSPS) is 11.4. The predicted octanol–water partition coefficient (Wildman–Crippen LogP) is 4.04. The molecule has 0 aliphatic carbocycles. The molecule has 4 aromatic rings. The summed E-state index contributed by atoms with van der Waals surface area (Å²) in [4.78, 5) is 12.2. The van der Waals surface area contributed by atoms with E-state index in [4.69, 9.17) is 0 Å². The van der Waals surface area contributed by atoms with E-state index in [0.717, 1.165) is 16.6 Å². The Balaban J connectivity index is 1.47. The molecule has 1 aromatic heterocycles. The molecule has 0 aliphatic rings. The molecule has 3 aromatic carbocycles. The van der Waals surface area contributed by atoms with Crippen LogP contribution >= 0.6 is 0 Å². The third kappa shape index (κ3) is 3.53. The fourth-order valence-corrected chi connectivity index (χ4v) is 3.30. The lowest BCUT2D eigenvalue weighted by molar-refractivity contribution is -0.121. The number of benzene rings is 3. The quantitative estimate of drug-likeness (QED) is 0.418. The van der Waals surface area contributed by atoms with Crippen LogP contribution in [0.25, 0.3) is 21.8 Å². The Morgan fingerprint density at radius 3 is 2.30 bits per heavy atom. The van der Waals surface area contributed by atoms with Crippen LogP contribution in [-0.2, 0) is 11.3 Å². The molecule has 0 fully saturated rings. The fourth-order valence-electron chi connectivity index (χ4n) is 3.30. The number of carbonyl (C=O) groups excluding carboxylic acids is 1. The van der Waals surface area contributed by atoms with Gasteiger partial charge in [0.25, 0.3) is 0 Å². The molecule has 0 atom stereocenters. The first-order valence-electron chi connectivity index (χ1n) is 8.79. The highest BCUT2D eigenvalue weighted by Gasteiger charge is 2.10. The van der Waals surface area contributed by atoms with Crippen LogP contribution in [0, 0.1) is 0 Å². The Kier molecular flexibility index (Phi) is 4.58. The maximum atomic E-state index is 12.2. The van der Waals surface area contributed by atoms with Gasteiger partial charge in [-0.2, -0.15) is 5.10 Å². The number of aryl methyl sites for hydroxylation is 1. The van der Waals surface area contributed by atoms with Crippen LogP contribution in [-0.4, -0.2) is 21.8 Å². The van der Waals surface area contributed by atoms with Crippen molar-refractivity contribution in [2.45, 2.75) is 13.0 Å². The molecule has 5 heteroatoms. The van der Waals surface area contributed by atoms with Gasteiger partial charge in [0, 0.05) is 34.8 Å². The van der Waals surface area contributed by atoms with Crippen molar-refractivity contribution in [3.63, 3.8) is 0 Å². The molecule has 134 valence electrons. The van der Waals surface area contributed by atoms with Crippen LogP contribution in [0.4, 0.5) is 0 Å². The average Bonchev–Trinajstić information content (AvgIpc) is 3.00. The number of amides is 1. The van der Waals surface area contributed by atoms with Gasteiger partial charge in [-0.25, -0.2) is 5.43 Å². The summed E-state index contributed by atoms with van der Waals surface area (Å²) in [6.07, 6.45) is 1.83. The van der Waals surface area contributed by atoms with E-state index in [2.05, 4.69) is 39.4 Å². The van der Waals surface area contributed by atoms with E-state index in [9.17, 15) is 9.90 Å². The molecular formula is C22H19N3O2. The first-order chi connectivity index (χ1) is 13.2. The van der Waals surface area contributed by atoms with Gasteiger partial charge in [0.15, 0.2) is 0 Å². The summed E-state index contributed by atoms with van der Waals surface area (Å²) in [7, 11) is 0. The second-order valence-corrected chi connectivity index (χ2v) is 6.32. The number of phenolic OH excluding ortho intramolecular Hbond substituents is 1. The van der Waals surface area contributed by atoms with E-state index >= 15 is 0 Å². The third-order valence-electron chi connectivity index (χ3n) is 4.52. The van der Waals surface area contributed by atoms with Gasteiger partial charge >= 0.3 is 0 Å². The topological polar surface area (TPSA) is 66.6 Å². The molecule has 0 unspecified atom stereocenters. The molecule has 0 spiro atoms. The first-order valence-corrected chi connectivity index (χ1v) is 8.79. The number of nitrogens with one attached hydrogen (secondary N) is 1. The van der Waals surface area contributed by atoms with Crippen molar-refractivity contribution < 1.29 is 9.90 Å². The van der Waals surface area contributed by atoms with Crippen LogP contribution in [0.15, 0.2) is 77.9 Å². The third-order valence-corrected chi connectivity index (χ3v) is 4.52. The van der Waals surface area contributed by atoms with E-state index in [0.29, 0.717) is 13.0 Å². The van der Waals surface area contributed by atoms with Gasteiger partial charge in [0.05, 0.1) is 6.21 Å². The zero-order chi connectivity index (χ0) is 18.6. The average molecular weight is 357 g/mol. The number of hydrogen-bond donors (Lipinski definition) is 2. The minimum absolute atomic E-state index is 0.159. The first kappa shape index (κ1) is 16.8. The second-order valence-electron chi connectivity index (χ2n) is 6.32. The Labute approximate surface area is 156 Å². The number of para-hydroxylation sites is 2. The standard InChI is InChI=1S/C22H19N3O2/c26-17-7-5-6-16(14-17)15-23-24-22(27)12-13-25-20-10-3-1-8-18(20)19-9-2-4-11-21(19)25/h1-11,14-15,26H,12-13H2,(H,24,27)/b23-15-. The van der Waals surface area contributed by atoms with Gasteiger partial charge < -0.3 is 9.67 Å². The summed E-state index contributed by atoms with van der Waals surface area (Å²) in [6, 6.07) is 23.1. The van der Waals surface area contributed by atoms with Crippen molar-refractivity contribution in [3.8, 4) is 5.75 Å². The number of fused-ring (bicyclic) bond motifs is 3. The summed E-state index contributed by atoms with van der Waals surface area (Å²) in [5.41, 5.74) is 5.51. The Morgan fingerprint density at radius 2 is 1.63 bits per heavy atom. The number of nitrogens with zero attached hydrogens (tertiary/aromatic N) is 2. The van der Waals surface area contributed by atoms with E-state index in [-0.39, 0.29) is 11.7 Å². The van der Waals surface area contributed by atoms with Gasteiger partial charge in [-0.3, -0.25) is 4.79 Å². The van der Waals surface area contributed by atoms with E-state index < -0.39 is 0 Å². The van der Waals surface area contributed by atoms with Crippen LogP contribution in [0.5, 0.6) is 5.75 Å². The van der Waals surface area contributed by atoms with Crippen LogP contribution in [0.1, 0.15) is 12.0 Å². The molecule has 0 saturated heterocycles. The lowest BCUT2D eigenvalue weighted by Gasteiger charge is -2.06. The Morgan fingerprint density at radius 1 is 0.963 bits per heavy atom. The molecule has 27 heavy (non-hydrogen) atoms. The number of aromatic nitrogens is 1. The van der Waals surface area contributed by atoms with Gasteiger partial charge in [-0.1, -0.05) is 48.5 Å². The summed E-state index contributed by atoms with van der Waals surface area (Å²) < 4.78 is 2.17. The smallest absolute Gasteiger partial charge is 0.241 e. The predicted molar refractivity (Wildman–Crippen MR) is 108 cm³/mol. The van der Waals surface area contributed by atoms with E-state index in [1.165, 1.54) is 17.0 Å². The maximum absolute atomic E-state index is 12.2.